The molecule has 17 heavy (non-hydrogen) atoms. The molecule has 0 bridgehead atoms. The summed E-state index contributed by atoms with van der Waals surface area (Å²) in [6.45, 7) is 2.25. The van der Waals surface area contributed by atoms with Crippen LogP contribution in [-0.2, 0) is 0 Å². The Morgan fingerprint density at radius 2 is 2.35 bits per heavy atom. The van der Waals surface area contributed by atoms with Crippen LogP contribution in [0.15, 0.2) is 24.5 Å². The first kappa shape index (κ1) is 10.6. The highest BCUT2D eigenvalue weighted by atomic mass is 14.9. The van der Waals surface area contributed by atoms with Crippen molar-refractivity contribution < 1.29 is 0 Å². The van der Waals surface area contributed by atoms with Gasteiger partial charge in [0.1, 0.15) is 0 Å². The number of hydrogen-bond acceptors (Lipinski definition) is 2. The summed E-state index contributed by atoms with van der Waals surface area (Å²) >= 11 is 0. The molecule has 1 fully saturated rings. The summed E-state index contributed by atoms with van der Waals surface area (Å²) in [5.41, 5.74) is 3.51. The molecule has 2 aliphatic rings. The number of nitrogens with zero attached hydrogens (tertiary/aromatic N) is 1. The quantitative estimate of drug-likeness (QED) is 0.739. The van der Waals surface area contributed by atoms with E-state index in [1.54, 1.807) is 6.20 Å². The van der Waals surface area contributed by atoms with Crippen molar-refractivity contribution in [3.63, 3.8) is 0 Å². The molecule has 2 nitrogen and oxygen atoms in total. The lowest BCUT2D eigenvalue weighted by molar-refractivity contribution is 0.328. The molecule has 1 aromatic heterocycles. The molecule has 3 rings (SSSR count). The normalized spacial score (nSPS) is 27.1. The molecule has 0 saturated carbocycles. The minimum Gasteiger partial charge on any atom is -0.316 e. The van der Waals surface area contributed by atoms with Crippen molar-refractivity contribution in [2.24, 2.45) is 11.8 Å². The Balaban J connectivity index is 1.91. The van der Waals surface area contributed by atoms with Crippen LogP contribution < -0.4 is 5.32 Å². The molecule has 0 radical (unpaired) electrons. The molecule has 1 N–H and O–H groups in total. The minimum atomic E-state index is 0.651. The Kier molecular flexibility index (Phi) is 2.70. The van der Waals surface area contributed by atoms with Gasteiger partial charge in [0.25, 0.3) is 0 Å². The third-order valence-corrected chi connectivity index (χ3v) is 3.90. The average Bonchev–Trinajstić information content (AvgIpc) is 2.82. The Morgan fingerprint density at radius 1 is 1.41 bits per heavy atom. The van der Waals surface area contributed by atoms with E-state index in [-0.39, 0.29) is 0 Å². The second-order valence-corrected chi connectivity index (χ2v) is 4.86. The van der Waals surface area contributed by atoms with Crippen molar-refractivity contribution in [1.82, 2.24) is 10.3 Å². The van der Waals surface area contributed by atoms with Gasteiger partial charge in [0.15, 0.2) is 0 Å². The van der Waals surface area contributed by atoms with Gasteiger partial charge in [-0.25, -0.2) is 0 Å². The van der Waals surface area contributed by atoms with Gasteiger partial charge in [0.05, 0.1) is 0 Å². The topological polar surface area (TPSA) is 24.9 Å². The van der Waals surface area contributed by atoms with Crippen LogP contribution in [0.4, 0.5) is 0 Å². The van der Waals surface area contributed by atoms with E-state index in [0.29, 0.717) is 5.92 Å². The van der Waals surface area contributed by atoms with Gasteiger partial charge in [-0.15, -0.1) is 6.42 Å². The standard InChI is InChI=1S/C15H16N2/c1-2-11-7-13(9-17-8-11)14-4-3-12-5-6-16-10-15(12)14/h1,4,7-9,12,15-16H,3,5-6,10H2/t12-,15+/m1/s1. The Labute approximate surface area is 102 Å². The molecule has 86 valence electrons. The maximum atomic E-state index is 5.43. The largest absolute Gasteiger partial charge is 0.316 e. The molecule has 0 amide bonds. The van der Waals surface area contributed by atoms with Crippen LogP contribution in [0.2, 0.25) is 0 Å². The molecule has 0 spiro atoms. The van der Waals surface area contributed by atoms with Crippen LogP contribution in [0.25, 0.3) is 5.57 Å². The molecule has 0 unspecified atom stereocenters. The summed E-state index contributed by atoms with van der Waals surface area (Å²) in [5, 5.41) is 3.48. The molecule has 2 heterocycles. The molecule has 0 aromatic carbocycles. The Morgan fingerprint density at radius 3 is 3.24 bits per heavy atom. The van der Waals surface area contributed by atoms with Crippen molar-refractivity contribution in [2.45, 2.75) is 12.8 Å². The zero-order valence-electron chi connectivity index (χ0n) is 9.82. The zero-order chi connectivity index (χ0) is 11.7. The van der Waals surface area contributed by atoms with Crippen LogP contribution >= 0.6 is 0 Å². The molecule has 1 aromatic rings. The summed E-state index contributed by atoms with van der Waals surface area (Å²) in [4.78, 5) is 4.23. The van der Waals surface area contributed by atoms with Crippen molar-refractivity contribution in [2.75, 3.05) is 13.1 Å². The number of pyridine rings is 1. The molecule has 2 atom stereocenters. The summed E-state index contributed by atoms with van der Waals surface area (Å²) in [6.07, 6.45) is 14.0. The SMILES string of the molecule is C#Cc1cncc(C2=CC[C@@H]3CCNC[C@H]23)c1. The highest BCUT2D eigenvalue weighted by Gasteiger charge is 2.32. The first-order valence-corrected chi connectivity index (χ1v) is 6.21. The molecule has 1 aliphatic carbocycles. The van der Waals surface area contributed by atoms with Gasteiger partial charge in [-0.1, -0.05) is 12.0 Å². The monoisotopic (exact) mass is 224 g/mol. The van der Waals surface area contributed by atoms with Crippen molar-refractivity contribution in [3.8, 4) is 12.3 Å². The number of hydrogen-bond donors (Lipinski definition) is 1. The lowest BCUT2D eigenvalue weighted by atomic mass is 9.84. The summed E-state index contributed by atoms with van der Waals surface area (Å²) < 4.78 is 0. The lowest BCUT2D eigenvalue weighted by Crippen LogP contribution is -2.34. The number of rotatable bonds is 1. The van der Waals surface area contributed by atoms with Gasteiger partial charge >= 0.3 is 0 Å². The summed E-state index contributed by atoms with van der Waals surface area (Å²) in [5.74, 6) is 4.13. The van der Waals surface area contributed by atoms with E-state index in [0.717, 1.165) is 24.6 Å². The van der Waals surface area contributed by atoms with Crippen LogP contribution in [0.3, 0.4) is 0 Å². The van der Waals surface area contributed by atoms with E-state index in [1.165, 1.54) is 24.0 Å². The Hall–Kier alpha value is -1.59. The predicted octanol–water partition coefficient (Wildman–Crippen LogP) is 2.08. The van der Waals surface area contributed by atoms with Gasteiger partial charge in [-0.05, 0) is 48.4 Å². The number of piperidine rings is 1. The molecule has 1 saturated heterocycles. The van der Waals surface area contributed by atoms with Crippen molar-refractivity contribution in [1.29, 1.82) is 0 Å². The number of terminal acetylenes is 1. The predicted molar refractivity (Wildman–Crippen MR) is 69.2 cm³/mol. The van der Waals surface area contributed by atoms with Gasteiger partial charge in [0.2, 0.25) is 0 Å². The van der Waals surface area contributed by atoms with E-state index in [9.17, 15) is 0 Å². The zero-order valence-corrected chi connectivity index (χ0v) is 9.82. The fourth-order valence-corrected chi connectivity index (χ4v) is 3.00. The first-order valence-electron chi connectivity index (χ1n) is 6.21. The van der Waals surface area contributed by atoms with Crippen LogP contribution in [0.5, 0.6) is 0 Å². The van der Waals surface area contributed by atoms with Gasteiger partial charge in [0, 0.05) is 24.5 Å². The fraction of sp³-hybridized carbons (Fsp3) is 0.400. The molecule has 1 aliphatic heterocycles. The van der Waals surface area contributed by atoms with Gasteiger partial charge < -0.3 is 5.32 Å². The summed E-state index contributed by atoms with van der Waals surface area (Å²) in [6, 6.07) is 2.08. The number of allylic oxidation sites excluding steroid dienone is 1. The third-order valence-electron chi connectivity index (χ3n) is 3.90. The van der Waals surface area contributed by atoms with Crippen LogP contribution in [0, 0.1) is 24.2 Å². The number of fused-ring (bicyclic) bond motifs is 1. The highest BCUT2D eigenvalue weighted by molar-refractivity contribution is 5.70. The van der Waals surface area contributed by atoms with E-state index in [1.807, 2.05) is 6.20 Å². The van der Waals surface area contributed by atoms with Gasteiger partial charge in [-0.3, -0.25) is 4.98 Å². The minimum absolute atomic E-state index is 0.651. The first-order chi connectivity index (χ1) is 8.38. The molecule has 2 heteroatoms. The lowest BCUT2D eigenvalue weighted by Gasteiger charge is -2.28. The maximum absolute atomic E-state index is 5.43. The van der Waals surface area contributed by atoms with Crippen molar-refractivity contribution in [3.05, 3.63) is 35.7 Å². The van der Waals surface area contributed by atoms with Crippen LogP contribution in [0.1, 0.15) is 24.0 Å². The van der Waals surface area contributed by atoms with E-state index in [2.05, 4.69) is 28.4 Å². The van der Waals surface area contributed by atoms with Crippen molar-refractivity contribution >= 4 is 5.57 Å². The van der Waals surface area contributed by atoms with E-state index in [4.69, 9.17) is 6.42 Å². The summed E-state index contributed by atoms with van der Waals surface area (Å²) in [7, 11) is 0. The van der Waals surface area contributed by atoms with Gasteiger partial charge in [-0.2, -0.15) is 0 Å². The Bertz CT molecular complexity index is 496. The van der Waals surface area contributed by atoms with E-state index < -0.39 is 0 Å². The second kappa shape index (κ2) is 4.35. The number of aromatic nitrogens is 1. The van der Waals surface area contributed by atoms with E-state index >= 15 is 0 Å². The molecular weight excluding hydrogens is 208 g/mol. The smallest absolute Gasteiger partial charge is 0.0432 e. The fourth-order valence-electron chi connectivity index (χ4n) is 3.00. The molecular formula is C15H16N2. The maximum Gasteiger partial charge on any atom is 0.0432 e. The highest BCUT2D eigenvalue weighted by Crippen LogP contribution is 2.40. The second-order valence-electron chi connectivity index (χ2n) is 4.86. The van der Waals surface area contributed by atoms with Crippen LogP contribution in [-0.4, -0.2) is 18.1 Å². The third kappa shape index (κ3) is 1.87. The number of nitrogens with one attached hydrogen (secondary N) is 1. The average molecular weight is 224 g/mol.